The molecule has 2 rings (SSSR count). The Bertz CT molecular complexity index is 724. The van der Waals surface area contributed by atoms with Crippen LogP contribution in [0.4, 0.5) is 0 Å². The molecule has 0 aliphatic rings. The maximum absolute atomic E-state index is 12.2. The highest BCUT2D eigenvalue weighted by atomic mass is 16.5. The van der Waals surface area contributed by atoms with Crippen molar-refractivity contribution < 1.29 is 19.1 Å². The minimum Gasteiger partial charge on any atom is -0.462 e. The Morgan fingerprint density at radius 3 is 2.00 bits per heavy atom. The molecule has 0 atom stereocenters. The van der Waals surface area contributed by atoms with Crippen molar-refractivity contribution in [2.45, 2.75) is 51.9 Å². The first-order chi connectivity index (χ1) is 13.7. The zero-order valence-corrected chi connectivity index (χ0v) is 16.7. The van der Waals surface area contributed by atoms with Gasteiger partial charge in [-0.05, 0) is 30.2 Å². The Balaban J connectivity index is 1.74. The monoisotopic (exact) mass is 382 g/mol. The largest absolute Gasteiger partial charge is 0.462 e. The molecule has 0 spiro atoms. The summed E-state index contributed by atoms with van der Waals surface area (Å²) in [6.45, 7) is 2.90. The second-order valence-corrected chi connectivity index (χ2v) is 6.86. The van der Waals surface area contributed by atoms with Crippen LogP contribution in [0.15, 0.2) is 54.6 Å². The molecular formula is C24H30O4. The number of esters is 2. The van der Waals surface area contributed by atoms with Crippen LogP contribution in [-0.4, -0.2) is 25.2 Å². The summed E-state index contributed by atoms with van der Waals surface area (Å²) in [4.78, 5) is 24.4. The van der Waals surface area contributed by atoms with Gasteiger partial charge in [-0.15, -0.1) is 0 Å². The molecule has 0 saturated carbocycles. The maximum Gasteiger partial charge on any atom is 0.338 e. The number of ether oxygens (including phenoxy) is 2. The van der Waals surface area contributed by atoms with Crippen LogP contribution in [0.5, 0.6) is 0 Å². The van der Waals surface area contributed by atoms with E-state index in [4.69, 9.17) is 9.47 Å². The quantitative estimate of drug-likeness (QED) is 0.354. The molecule has 4 nitrogen and oxygen atoms in total. The lowest BCUT2D eigenvalue weighted by atomic mass is 10.1. The average molecular weight is 383 g/mol. The SMILES string of the molecule is CCCCCCCCOC(=O)c1cccc(C(=O)OCCc2ccccc2)c1. The van der Waals surface area contributed by atoms with E-state index in [2.05, 4.69) is 6.92 Å². The van der Waals surface area contributed by atoms with Gasteiger partial charge < -0.3 is 9.47 Å². The Morgan fingerprint density at radius 2 is 1.32 bits per heavy atom. The van der Waals surface area contributed by atoms with Gasteiger partial charge in [0.25, 0.3) is 0 Å². The number of carbonyl (C=O) groups is 2. The second-order valence-electron chi connectivity index (χ2n) is 6.86. The fourth-order valence-corrected chi connectivity index (χ4v) is 2.89. The zero-order chi connectivity index (χ0) is 20.0. The lowest BCUT2D eigenvalue weighted by molar-refractivity contribution is 0.0497. The van der Waals surface area contributed by atoms with E-state index in [9.17, 15) is 9.59 Å². The molecule has 2 aromatic rings. The van der Waals surface area contributed by atoms with E-state index in [1.165, 1.54) is 31.7 Å². The summed E-state index contributed by atoms with van der Waals surface area (Å²) in [6, 6.07) is 16.4. The molecule has 0 unspecified atom stereocenters. The molecule has 0 aromatic heterocycles. The fraction of sp³-hybridized carbons (Fsp3) is 0.417. The number of hydrogen-bond acceptors (Lipinski definition) is 4. The van der Waals surface area contributed by atoms with Crippen molar-refractivity contribution in [1.82, 2.24) is 0 Å². The Labute approximate surface area is 167 Å². The number of hydrogen-bond donors (Lipinski definition) is 0. The number of rotatable bonds is 12. The molecule has 0 amide bonds. The van der Waals surface area contributed by atoms with Crippen molar-refractivity contribution in [2.24, 2.45) is 0 Å². The van der Waals surface area contributed by atoms with E-state index >= 15 is 0 Å². The van der Waals surface area contributed by atoms with Crippen molar-refractivity contribution in [3.05, 3.63) is 71.3 Å². The topological polar surface area (TPSA) is 52.6 Å². The van der Waals surface area contributed by atoms with Crippen LogP contribution in [0.1, 0.15) is 71.7 Å². The summed E-state index contributed by atoms with van der Waals surface area (Å²) >= 11 is 0. The highest BCUT2D eigenvalue weighted by Gasteiger charge is 2.12. The van der Waals surface area contributed by atoms with Gasteiger partial charge >= 0.3 is 11.9 Å². The zero-order valence-electron chi connectivity index (χ0n) is 16.7. The van der Waals surface area contributed by atoms with E-state index in [0.717, 1.165) is 18.4 Å². The van der Waals surface area contributed by atoms with Crippen molar-refractivity contribution in [1.29, 1.82) is 0 Å². The van der Waals surface area contributed by atoms with Crippen LogP contribution in [-0.2, 0) is 15.9 Å². The van der Waals surface area contributed by atoms with Crippen molar-refractivity contribution in [3.63, 3.8) is 0 Å². The van der Waals surface area contributed by atoms with Crippen molar-refractivity contribution in [2.75, 3.05) is 13.2 Å². The summed E-state index contributed by atoms with van der Waals surface area (Å²) in [6.07, 6.45) is 7.49. The summed E-state index contributed by atoms with van der Waals surface area (Å²) in [5.74, 6) is -0.825. The van der Waals surface area contributed by atoms with E-state index in [1.807, 2.05) is 30.3 Å². The van der Waals surface area contributed by atoms with Crippen LogP contribution in [0, 0.1) is 0 Å². The summed E-state index contributed by atoms with van der Waals surface area (Å²) in [7, 11) is 0. The van der Waals surface area contributed by atoms with Crippen LogP contribution >= 0.6 is 0 Å². The fourth-order valence-electron chi connectivity index (χ4n) is 2.89. The van der Waals surface area contributed by atoms with Gasteiger partial charge in [-0.1, -0.05) is 75.4 Å². The predicted molar refractivity (Wildman–Crippen MR) is 111 cm³/mol. The van der Waals surface area contributed by atoms with Crippen LogP contribution in [0.25, 0.3) is 0 Å². The smallest absolute Gasteiger partial charge is 0.338 e. The van der Waals surface area contributed by atoms with Gasteiger partial charge in [0.15, 0.2) is 0 Å². The minimum absolute atomic E-state index is 0.301. The first-order valence-electron chi connectivity index (χ1n) is 10.2. The third-order valence-electron chi connectivity index (χ3n) is 4.53. The lowest BCUT2D eigenvalue weighted by Crippen LogP contribution is -2.11. The molecule has 0 bridgehead atoms. The van der Waals surface area contributed by atoms with E-state index in [-0.39, 0.29) is 0 Å². The average Bonchev–Trinajstić information content (AvgIpc) is 2.73. The van der Waals surface area contributed by atoms with Crippen LogP contribution in [0.3, 0.4) is 0 Å². The number of unbranched alkanes of at least 4 members (excludes halogenated alkanes) is 5. The van der Waals surface area contributed by atoms with Gasteiger partial charge in [-0.3, -0.25) is 0 Å². The minimum atomic E-state index is -0.429. The standard InChI is InChI=1S/C24H30O4/c1-2-3-4-5-6-10-17-27-23(25)21-14-11-15-22(19-21)24(26)28-18-16-20-12-8-7-9-13-20/h7-9,11-15,19H,2-6,10,16-18H2,1H3. The molecule has 0 heterocycles. The van der Waals surface area contributed by atoms with Crippen LogP contribution < -0.4 is 0 Å². The van der Waals surface area contributed by atoms with Gasteiger partial charge in [0.1, 0.15) is 0 Å². The summed E-state index contributed by atoms with van der Waals surface area (Å²) in [5.41, 5.74) is 1.85. The van der Waals surface area contributed by atoms with Gasteiger partial charge in [-0.2, -0.15) is 0 Å². The highest BCUT2D eigenvalue weighted by molar-refractivity contribution is 5.95. The van der Waals surface area contributed by atoms with E-state index in [0.29, 0.717) is 30.8 Å². The molecule has 0 fully saturated rings. The molecule has 28 heavy (non-hydrogen) atoms. The van der Waals surface area contributed by atoms with E-state index in [1.54, 1.807) is 18.2 Å². The molecule has 2 aromatic carbocycles. The number of benzene rings is 2. The Morgan fingerprint density at radius 1 is 0.714 bits per heavy atom. The summed E-state index contributed by atoms with van der Waals surface area (Å²) in [5, 5.41) is 0. The molecule has 0 radical (unpaired) electrons. The third-order valence-corrected chi connectivity index (χ3v) is 4.53. The molecule has 0 aliphatic carbocycles. The second kappa shape index (κ2) is 12.7. The molecule has 4 heteroatoms. The van der Waals surface area contributed by atoms with Gasteiger partial charge in [0, 0.05) is 6.42 Å². The van der Waals surface area contributed by atoms with Crippen molar-refractivity contribution in [3.8, 4) is 0 Å². The van der Waals surface area contributed by atoms with E-state index < -0.39 is 11.9 Å². The van der Waals surface area contributed by atoms with Gasteiger partial charge in [0.2, 0.25) is 0 Å². The molecule has 0 saturated heterocycles. The molecular weight excluding hydrogens is 352 g/mol. The predicted octanol–water partition coefficient (Wildman–Crippen LogP) is 5.60. The summed E-state index contributed by atoms with van der Waals surface area (Å²) < 4.78 is 10.6. The Hall–Kier alpha value is -2.62. The Kier molecular flexibility index (Phi) is 9.84. The van der Waals surface area contributed by atoms with Crippen LogP contribution in [0.2, 0.25) is 0 Å². The first-order valence-corrected chi connectivity index (χ1v) is 10.2. The number of carbonyl (C=O) groups excluding carboxylic acids is 2. The third kappa shape index (κ3) is 7.95. The molecule has 0 N–H and O–H groups in total. The highest BCUT2D eigenvalue weighted by Crippen LogP contribution is 2.10. The normalized spacial score (nSPS) is 10.5. The first kappa shape index (κ1) is 21.7. The van der Waals surface area contributed by atoms with Crippen molar-refractivity contribution >= 4 is 11.9 Å². The maximum atomic E-state index is 12.2. The molecule has 0 aliphatic heterocycles. The van der Waals surface area contributed by atoms with Gasteiger partial charge in [0.05, 0.1) is 24.3 Å². The molecule has 150 valence electrons. The van der Waals surface area contributed by atoms with Gasteiger partial charge in [-0.25, -0.2) is 9.59 Å². The lowest BCUT2D eigenvalue weighted by Gasteiger charge is -2.08.